The highest BCUT2D eigenvalue weighted by Gasteiger charge is 2.49. The number of methoxy groups -OCH3 is 1. The van der Waals surface area contributed by atoms with Crippen LogP contribution in [0.25, 0.3) is 0 Å². The van der Waals surface area contributed by atoms with E-state index in [1.165, 1.54) is 4.90 Å². The minimum atomic E-state index is -1.15. The maximum Gasteiger partial charge on any atom is 0.325 e. The monoisotopic (exact) mass is 416 g/mol. The van der Waals surface area contributed by atoms with Crippen molar-refractivity contribution >= 4 is 23.5 Å². The molecule has 1 saturated heterocycles. The van der Waals surface area contributed by atoms with Crippen molar-refractivity contribution in [3.8, 4) is 17.2 Å². The van der Waals surface area contributed by atoms with Gasteiger partial charge in [-0.3, -0.25) is 9.69 Å². The zero-order valence-corrected chi connectivity index (χ0v) is 16.9. The Labute approximate surface area is 173 Å². The number of imide groups is 1. The molecule has 2 aromatic carbocycles. The molecule has 0 bridgehead atoms. The fourth-order valence-corrected chi connectivity index (χ4v) is 3.81. The molecule has 3 amide bonds. The summed E-state index contributed by atoms with van der Waals surface area (Å²) in [6.45, 7) is 2.81. The fraction of sp³-hybridized carbons (Fsp3) is 0.333. The van der Waals surface area contributed by atoms with Crippen LogP contribution in [0.15, 0.2) is 36.4 Å². The molecule has 29 heavy (non-hydrogen) atoms. The van der Waals surface area contributed by atoms with E-state index >= 15 is 0 Å². The van der Waals surface area contributed by atoms with Crippen molar-refractivity contribution in [2.45, 2.75) is 25.4 Å². The van der Waals surface area contributed by atoms with Gasteiger partial charge >= 0.3 is 6.03 Å². The Kier molecular flexibility index (Phi) is 5.00. The van der Waals surface area contributed by atoms with E-state index < -0.39 is 11.6 Å². The molecule has 1 N–H and O–H groups in total. The molecule has 4 rings (SSSR count). The van der Waals surface area contributed by atoms with E-state index in [1.54, 1.807) is 50.4 Å². The molecule has 2 aromatic rings. The molecule has 0 radical (unpaired) electrons. The summed E-state index contributed by atoms with van der Waals surface area (Å²) in [4.78, 5) is 26.9. The van der Waals surface area contributed by atoms with Crippen LogP contribution in [-0.2, 0) is 16.9 Å². The third-order valence-electron chi connectivity index (χ3n) is 5.14. The lowest BCUT2D eigenvalue weighted by molar-refractivity contribution is -0.131. The summed E-state index contributed by atoms with van der Waals surface area (Å²) >= 11 is 6.34. The number of hydrogen-bond donors (Lipinski definition) is 1. The average Bonchev–Trinajstić information content (AvgIpc) is 2.88. The van der Waals surface area contributed by atoms with Gasteiger partial charge in [-0.1, -0.05) is 23.7 Å². The Hall–Kier alpha value is -2.93. The van der Waals surface area contributed by atoms with Crippen LogP contribution in [0.4, 0.5) is 4.79 Å². The third-order valence-corrected chi connectivity index (χ3v) is 5.43. The molecule has 1 atom stereocenters. The first-order valence-electron chi connectivity index (χ1n) is 9.29. The van der Waals surface area contributed by atoms with Crippen molar-refractivity contribution in [3.63, 3.8) is 0 Å². The molecule has 1 fully saturated rings. The van der Waals surface area contributed by atoms with Crippen LogP contribution in [0.5, 0.6) is 17.2 Å². The van der Waals surface area contributed by atoms with Crippen LogP contribution >= 0.6 is 11.6 Å². The van der Waals surface area contributed by atoms with Gasteiger partial charge in [-0.2, -0.15) is 0 Å². The van der Waals surface area contributed by atoms with Crippen LogP contribution in [0, 0.1) is 0 Å². The number of carbonyl (C=O) groups excluding carboxylic acids is 2. The number of carbonyl (C=O) groups is 2. The van der Waals surface area contributed by atoms with Gasteiger partial charge < -0.3 is 19.5 Å². The quantitative estimate of drug-likeness (QED) is 0.772. The second-order valence-corrected chi connectivity index (χ2v) is 7.54. The highest BCUT2D eigenvalue weighted by molar-refractivity contribution is 6.32. The summed E-state index contributed by atoms with van der Waals surface area (Å²) in [7, 11) is 1.57. The summed E-state index contributed by atoms with van der Waals surface area (Å²) < 4.78 is 16.5. The van der Waals surface area contributed by atoms with Gasteiger partial charge in [0.15, 0.2) is 11.5 Å². The van der Waals surface area contributed by atoms with Crippen LogP contribution in [0.1, 0.15) is 24.5 Å². The molecule has 1 unspecified atom stereocenters. The summed E-state index contributed by atoms with van der Waals surface area (Å²) in [6.07, 6.45) is 0.758. The van der Waals surface area contributed by atoms with E-state index in [9.17, 15) is 9.59 Å². The zero-order chi connectivity index (χ0) is 20.6. The van der Waals surface area contributed by atoms with Crippen LogP contribution in [0.2, 0.25) is 5.02 Å². The number of fused-ring (bicyclic) bond motifs is 1. The molecular formula is C21H21ClN2O5. The van der Waals surface area contributed by atoms with E-state index in [0.29, 0.717) is 46.6 Å². The molecule has 152 valence electrons. The predicted molar refractivity (Wildman–Crippen MR) is 106 cm³/mol. The number of benzene rings is 2. The number of rotatable bonds is 4. The summed E-state index contributed by atoms with van der Waals surface area (Å²) in [6, 6.07) is 10.0. The largest absolute Gasteiger partial charge is 0.497 e. The molecule has 2 heterocycles. The fourth-order valence-electron chi connectivity index (χ4n) is 3.52. The number of hydrogen-bond acceptors (Lipinski definition) is 5. The Morgan fingerprint density at radius 2 is 1.90 bits per heavy atom. The molecule has 0 aliphatic carbocycles. The van der Waals surface area contributed by atoms with Gasteiger partial charge in [-0.05, 0) is 42.3 Å². The van der Waals surface area contributed by atoms with Crippen molar-refractivity contribution in [3.05, 3.63) is 52.5 Å². The second-order valence-electron chi connectivity index (χ2n) is 7.13. The average molecular weight is 417 g/mol. The highest BCUT2D eigenvalue weighted by Crippen LogP contribution is 2.39. The van der Waals surface area contributed by atoms with E-state index in [2.05, 4.69) is 5.32 Å². The van der Waals surface area contributed by atoms with Gasteiger partial charge in [-0.25, -0.2) is 4.79 Å². The summed E-state index contributed by atoms with van der Waals surface area (Å²) in [5, 5.41) is 3.19. The van der Waals surface area contributed by atoms with Crippen molar-refractivity contribution in [2.75, 3.05) is 20.3 Å². The topological polar surface area (TPSA) is 77.1 Å². The molecule has 2 aliphatic heterocycles. The van der Waals surface area contributed by atoms with E-state index in [0.717, 1.165) is 6.42 Å². The Morgan fingerprint density at radius 1 is 1.17 bits per heavy atom. The maximum absolute atomic E-state index is 13.1. The van der Waals surface area contributed by atoms with Gasteiger partial charge in [-0.15, -0.1) is 0 Å². The number of ether oxygens (including phenoxy) is 3. The lowest BCUT2D eigenvalue weighted by Gasteiger charge is -2.22. The Bertz CT molecular complexity index is 962. The zero-order valence-electron chi connectivity index (χ0n) is 16.2. The van der Waals surface area contributed by atoms with Crippen molar-refractivity contribution in [2.24, 2.45) is 0 Å². The summed E-state index contributed by atoms with van der Waals surface area (Å²) in [5.74, 6) is 1.35. The van der Waals surface area contributed by atoms with Gasteiger partial charge in [0, 0.05) is 6.42 Å². The number of nitrogens with one attached hydrogen (secondary N) is 1. The van der Waals surface area contributed by atoms with E-state index in [4.69, 9.17) is 25.8 Å². The van der Waals surface area contributed by atoms with Gasteiger partial charge in [0.2, 0.25) is 0 Å². The Balaban J connectivity index is 1.60. The molecule has 7 nitrogen and oxygen atoms in total. The first-order valence-corrected chi connectivity index (χ1v) is 9.67. The maximum atomic E-state index is 13.1. The van der Waals surface area contributed by atoms with Crippen molar-refractivity contribution < 1.29 is 23.8 Å². The van der Waals surface area contributed by atoms with Gasteiger partial charge in [0.25, 0.3) is 5.91 Å². The van der Waals surface area contributed by atoms with Crippen LogP contribution in [-0.4, -0.2) is 37.2 Å². The normalized spacial score (nSPS) is 21.0. The van der Waals surface area contributed by atoms with E-state index in [-0.39, 0.29) is 12.5 Å². The van der Waals surface area contributed by atoms with Crippen LogP contribution in [0.3, 0.4) is 0 Å². The standard InChI is InChI=1S/C21H21ClN2O5/c1-21(14-4-6-15(27-2)7-5-14)19(25)24(20(26)23-21)12-13-10-16(22)18-17(11-13)28-8-3-9-29-18/h4-7,10-11H,3,8-9,12H2,1-2H3,(H,23,26). The minimum absolute atomic E-state index is 0.0762. The molecule has 8 heteroatoms. The molecule has 2 aliphatic rings. The number of amides is 3. The van der Waals surface area contributed by atoms with Gasteiger partial charge in [0.1, 0.15) is 11.3 Å². The molecule has 0 spiro atoms. The highest BCUT2D eigenvalue weighted by atomic mass is 35.5. The van der Waals surface area contributed by atoms with Crippen molar-refractivity contribution in [1.82, 2.24) is 10.2 Å². The first kappa shape index (κ1) is 19.4. The lowest BCUT2D eigenvalue weighted by Crippen LogP contribution is -2.40. The number of urea groups is 1. The Morgan fingerprint density at radius 3 is 2.62 bits per heavy atom. The minimum Gasteiger partial charge on any atom is -0.497 e. The molecule has 0 aromatic heterocycles. The number of halogens is 1. The first-order chi connectivity index (χ1) is 13.9. The van der Waals surface area contributed by atoms with E-state index in [1.807, 2.05) is 0 Å². The number of nitrogens with zero attached hydrogens (tertiary/aromatic N) is 1. The SMILES string of the molecule is COc1ccc(C2(C)NC(=O)N(Cc3cc(Cl)c4c(c3)OCCCO4)C2=O)cc1. The van der Waals surface area contributed by atoms with Crippen LogP contribution < -0.4 is 19.5 Å². The second kappa shape index (κ2) is 7.48. The third kappa shape index (κ3) is 3.46. The van der Waals surface area contributed by atoms with Gasteiger partial charge in [0.05, 0.1) is 31.9 Å². The predicted octanol–water partition coefficient (Wildman–Crippen LogP) is 3.48. The summed E-state index contributed by atoms with van der Waals surface area (Å²) in [5.41, 5.74) is 0.205. The molecular weight excluding hydrogens is 396 g/mol. The lowest BCUT2D eigenvalue weighted by atomic mass is 9.92. The van der Waals surface area contributed by atoms with Crippen molar-refractivity contribution in [1.29, 1.82) is 0 Å². The molecule has 0 saturated carbocycles. The smallest absolute Gasteiger partial charge is 0.325 e.